The highest BCUT2D eigenvalue weighted by atomic mass is 14.2. The molecule has 0 amide bonds. The van der Waals surface area contributed by atoms with E-state index >= 15 is 0 Å². The molecule has 0 saturated carbocycles. The minimum absolute atomic E-state index is 0.201. The molecule has 0 nitrogen and oxygen atoms in total. The minimum atomic E-state index is 0.201. The van der Waals surface area contributed by atoms with E-state index < -0.39 is 0 Å². The average molecular weight is 415 g/mol. The first-order valence-corrected chi connectivity index (χ1v) is 12.3. The molecule has 0 fully saturated rings. The quantitative estimate of drug-likeness (QED) is 0.345. The summed E-state index contributed by atoms with van der Waals surface area (Å²) in [5.74, 6) is 0.802. The molecule has 0 aliphatic rings. The highest BCUT2D eigenvalue weighted by Crippen LogP contribution is 2.30. The van der Waals surface area contributed by atoms with Crippen LogP contribution in [-0.4, -0.2) is 0 Å². The molecule has 0 N–H and O–H groups in total. The van der Waals surface area contributed by atoms with Crippen LogP contribution in [0.25, 0.3) is 10.8 Å². The van der Waals surface area contributed by atoms with Crippen LogP contribution in [0.4, 0.5) is 0 Å². The maximum atomic E-state index is 2.47. The zero-order chi connectivity index (χ0) is 22.6. The fourth-order valence-electron chi connectivity index (χ4n) is 4.98. The predicted molar refractivity (Wildman–Crippen MR) is 138 cm³/mol. The zero-order valence-electron chi connectivity index (χ0n) is 20.9. The summed E-state index contributed by atoms with van der Waals surface area (Å²) in [5, 5.41) is 2.86. The van der Waals surface area contributed by atoms with Crippen LogP contribution in [0, 0.1) is 19.8 Å². The van der Waals surface area contributed by atoms with Crippen molar-refractivity contribution in [2.45, 2.75) is 92.4 Å². The number of fused-ring (bicyclic) bond motifs is 1. The van der Waals surface area contributed by atoms with Gasteiger partial charge in [0, 0.05) is 0 Å². The molecule has 0 radical (unpaired) electrons. The molecule has 0 unspecified atom stereocenters. The molecule has 0 bridgehead atoms. The first kappa shape index (κ1) is 23.6. The third-order valence-corrected chi connectivity index (χ3v) is 6.75. The van der Waals surface area contributed by atoms with Gasteiger partial charge in [0.05, 0.1) is 0 Å². The van der Waals surface area contributed by atoms with Crippen molar-refractivity contribution >= 4 is 10.8 Å². The summed E-state index contributed by atoms with van der Waals surface area (Å²) >= 11 is 0. The molecule has 3 aromatic rings. The third-order valence-electron chi connectivity index (χ3n) is 6.75. The Hall–Kier alpha value is -2.08. The fraction of sp³-hybridized carbons (Fsp3) is 0.484. The first-order chi connectivity index (χ1) is 14.7. The van der Waals surface area contributed by atoms with Gasteiger partial charge in [-0.2, -0.15) is 0 Å². The highest BCUT2D eigenvalue weighted by Gasteiger charge is 2.15. The van der Waals surface area contributed by atoms with Gasteiger partial charge in [0.2, 0.25) is 0 Å². The molecule has 3 aromatic carbocycles. The Morgan fingerprint density at radius 1 is 0.774 bits per heavy atom. The van der Waals surface area contributed by atoms with E-state index in [1.165, 1.54) is 70.7 Å². The van der Waals surface area contributed by atoms with Gasteiger partial charge in [-0.1, -0.05) is 114 Å². The highest BCUT2D eigenvalue weighted by molar-refractivity contribution is 5.87. The minimum Gasteiger partial charge on any atom is -0.0654 e. The molecule has 0 heteroatoms. The normalized spacial score (nSPS) is 12.1. The smallest absolute Gasteiger partial charge is 0.00229 e. The van der Waals surface area contributed by atoms with E-state index in [0.29, 0.717) is 0 Å². The third kappa shape index (κ3) is 6.00. The summed E-state index contributed by atoms with van der Waals surface area (Å²) in [6.45, 7) is 16.0. The lowest BCUT2D eigenvalue weighted by Gasteiger charge is -2.21. The van der Waals surface area contributed by atoms with Gasteiger partial charge in [0.25, 0.3) is 0 Å². The van der Waals surface area contributed by atoms with Crippen LogP contribution < -0.4 is 0 Å². The van der Waals surface area contributed by atoms with Gasteiger partial charge in [-0.25, -0.2) is 0 Å². The second kappa shape index (κ2) is 10.0. The molecule has 166 valence electrons. The molecule has 0 saturated heterocycles. The van der Waals surface area contributed by atoms with Crippen molar-refractivity contribution in [3.63, 3.8) is 0 Å². The summed E-state index contributed by atoms with van der Waals surface area (Å²) in [7, 11) is 0. The molecule has 0 aromatic heterocycles. The van der Waals surface area contributed by atoms with Gasteiger partial charge in [-0.15, -0.1) is 0 Å². The molecule has 31 heavy (non-hydrogen) atoms. The van der Waals surface area contributed by atoms with Gasteiger partial charge >= 0.3 is 0 Å². The first-order valence-electron chi connectivity index (χ1n) is 12.3. The summed E-state index contributed by atoms with van der Waals surface area (Å²) in [6.07, 6.45) is 7.45. The molecule has 0 aliphatic carbocycles. The maximum absolute atomic E-state index is 2.47. The Labute approximate surface area is 191 Å². The lowest BCUT2D eigenvalue weighted by atomic mass is 9.84. The average Bonchev–Trinajstić information content (AvgIpc) is 2.69. The Morgan fingerprint density at radius 2 is 1.48 bits per heavy atom. The van der Waals surface area contributed by atoms with Crippen LogP contribution >= 0.6 is 0 Å². The van der Waals surface area contributed by atoms with Gasteiger partial charge in [-0.3, -0.25) is 0 Å². The van der Waals surface area contributed by atoms with Gasteiger partial charge in [-0.05, 0) is 76.6 Å². The van der Waals surface area contributed by atoms with Crippen LogP contribution in [0.1, 0.15) is 93.7 Å². The molecular formula is C31H42. The van der Waals surface area contributed by atoms with Crippen LogP contribution in [0.3, 0.4) is 0 Å². The van der Waals surface area contributed by atoms with Gasteiger partial charge < -0.3 is 0 Å². The van der Waals surface area contributed by atoms with Gasteiger partial charge in [0.1, 0.15) is 0 Å². The van der Waals surface area contributed by atoms with E-state index in [2.05, 4.69) is 97.0 Å². The molecule has 0 atom stereocenters. The maximum Gasteiger partial charge on any atom is -0.00229 e. The fourth-order valence-corrected chi connectivity index (χ4v) is 4.98. The van der Waals surface area contributed by atoms with Crippen molar-refractivity contribution in [1.29, 1.82) is 0 Å². The van der Waals surface area contributed by atoms with Crippen molar-refractivity contribution in [1.82, 2.24) is 0 Å². The second-order valence-electron chi connectivity index (χ2n) is 10.7. The molecule has 0 heterocycles. The van der Waals surface area contributed by atoms with Crippen LogP contribution in [0.15, 0.2) is 48.5 Å². The topological polar surface area (TPSA) is 0 Å². The van der Waals surface area contributed by atoms with E-state index in [1.54, 1.807) is 5.56 Å². The number of hydrogen-bond acceptors (Lipinski definition) is 0. The van der Waals surface area contributed by atoms with Crippen molar-refractivity contribution in [2.75, 3.05) is 0 Å². The van der Waals surface area contributed by atoms with Crippen molar-refractivity contribution in [3.05, 3.63) is 81.9 Å². The van der Waals surface area contributed by atoms with E-state index in [4.69, 9.17) is 0 Å². The van der Waals surface area contributed by atoms with Crippen LogP contribution in [-0.2, 0) is 18.3 Å². The molecule has 3 rings (SSSR count). The Kier molecular flexibility index (Phi) is 7.63. The molecule has 0 spiro atoms. The largest absolute Gasteiger partial charge is 0.0654 e. The van der Waals surface area contributed by atoms with E-state index in [9.17, 15) is 0 Å². The SMILES string of the molecule is CCCC(CCC)Cc1cc(C)cc2ccc(Cc3ccc(C(C)(C)C)cc3C)cc12. The summed E-state index contributed by atoms with van der Waals surface area (Å²) in [4.78, 5) is 0. The lowest BCUT2D eigenvalue weighted by Crippen LogP contribution is -2.11. The monoisotopic (exact) mass is 414 g/mol. The second-order valence-corrected chi connectivity index (χ2v) is 10.7. The lowest BCUT2D eigenvalue weighted by molar-refractivity contribution is 0.439. The summed E-state index contributed by atoms with van der Waals surface area (Å²) < 4.78 is 0. The summed E-state index contributed by atoms with van der Waals surface area (Å²) in [6, 6.07) is 19.0. The van der Waals surface area contributed by atoms with E-state index in [-0.39, 0.29) is 5.41 Å². The van der Waals surface area contributed by atoms with E-state index in [0.717, 1.165) is 12.3 Å². The number of hydrogen-bond donors (Lipinski definition) is 0. The van der Waals surface area contributed by atoms with Crippen molar-refractivity contribution in [2.24, 2.45) is 5.92 Å². The summed E-state index contributed by atoms with van der Waals surface area (Å²) in [5.41, 5.74) is 8.82. The molecule has 0 aliphatic heterocycles. The predicted octanol–water partition coefficient (Wildman–Crippen LogP) is 9.10. The van der Waals surface area contributed by atoms with Crippen molar-refractivity contribution in [3.8, 4) is 0 Å². The Morgan fingerprint density at radius 3 is 2.10 bits per heavy atom. The van der Waals surface area contributed by atoms with Crippen molar-refractivity contribution < 1.29 is 0 Å². The van der Waals surface area contributed by atoms with Crippen LogP contribution in [0.5, 0.6) is 0 Å². The Bertz CT molecular complexity index is 1010. The Balaban J connectivity index is 1.94. The van der Waals surface area contributed by atoms with E-state index in [1.807, 2.05) is 0 Å². The number of rotatable bonds is 8. The zero-order valence-corrected chi connectivity index (χ0v) is 20.9. The number of benzene rings is 3. The molecular weight excluding hydrogens is 372 g/mol. The number of aryl methyl sites for hydroxylation is 2. The standard InChI is InChI=1S/C31H42/c1-8-10-24(11-9-2)19-28-17-22(3)16-27-13-12-25(21-30(27)28)20-26-14-15-29(18-23(26)4)31(5,6)7/h12-18,21,24H,8-11,19-20H2,1-7H3. The van der Waals surface area contributed by atoms with Crippen LogP contribution in [0.2, 0.25) is 0 Å². The van der Waals surface area contributed by atoms with Gasteiger partial charge in [0.15, 0.2) is 0 Å².